The van der Waals surface area contributed by atoms with Crippen molar-refractivity contribution in [1.29, 1.82) is 0 Å². The largest absolute Gasteiger partial charge is 0.220 e. The summed E-state index contributed by atoms with van der Waals surface area (Å²) in [5, 5.41) is 2.34. The lowest BCUT2D eigenvalue weighted by atomic mass is 9.71. The molecule has 2 aromatic carbocycles. The van der Waals surface area contributed by atoms with Crippen molar-refractivity contribution < 1.29 is 7.31 Å². The summed E-state index contributed by atoms with van der Waals surface area (Å²) in [4.78, 5) is 0. The van der Waals surface area contributed by atoms with Gasteiger partial charge in [-0.05, 0) is 96.5 Å². The van der Waals surface area contributed by atoms with Gasteiger partial charge in [0.2, 0.25) is 5.69 Å². The molecule has 0 bridgehead atoms. The van der Waals surface area contributed by atoms with Crippen LogP contribution >= 0.6 is 0 Å². The Bertz CT molecular complexity index is 1170. The maximum atomic E-state index is 8.69. The molecular formula is C29H38N+. The van der Waals surface area contributed by atoms with Crippen LogP contribution in [-0.4, -0.2) is 0 Å². The number of nitrogens with zero attached hydrogens (tertiary/aromatic N) is 1. The fourth-order valence-electron chi connectivity index (χ4n) is 5.03. The molecule has 1 aromatic heterocycles. The van der Waals surface area contributed by atoms with Crippen molar-refractivity contribution in [3.8, 4) is 11.3 Å². The van der Waals surface area contributed by atoms with E-state index in [0.717, 1.165) is 22.2 Å². The van der Waals surface area contributed by atoms with Gasteiger partial charge >= 0.3 is 0 Å². The molecule has 0 N–H and O–H groups in total. The number of aromatic nitrogens is 1. The minimum absolute atomic E-state index is 0.467. The summed E-state index contributed by atoms with van der Waals surface area (Å²) >= 11 is 0. The second-order valence-electron chi connectivity index (χ2n) is 10.4. The van der Waals surface area contributed by atoms with Crippen LogP contribution in [0.4, 0.5) is 0 Å². The van der Waals surface area contributed by atoms with E-state index in [1.807, 2.05) is 31.5 Å². The summed E-state index contributed by atoms with van der Waals surface area (Å²) in [6.45, 7) is 12.9. The van der Waals surface area contributed by atoms with E-state index in [9.17, 15) is 0 Å². The minimum Gasteiger partial charge on any atom is -0.200 e. The zero-order chi connectivity index (χ0) is 23.4. The summed E-state index contributed by atoms with van der Waals surface area (Å²) in [7, 11) is 1.99. The molecule has 0 spiro atoms. The van der Waals surface area contributed by atoms with E-state index in [1.165, 1.54) is 47.8 Å². The third kappa shape index (κ3) is 3.92. The molecule has 0 saturated heterocycles. The Morgan fingerprint density at radius 3 is 2.43 bits per heavy atom. The van der Waals surface area contributed by atoms with Crippen LogP contribution in [0.3, 0.4) is 0 Å². The Labute approximate surface area is 186 Å². The van der Waals surface area contributed by atoms with Crippen molar-refractivity contribution in [2.24, 2.45) is 12.5 Å². The van der Waals surface area contributed by atoms with E-state index in [4.69, 9.17) is 2.74 Å². The molecule has 30 heavy (non-hydrogen) atoms. The van der Waals surface area contributed by atoms with Gasteiger partial charge < -0.3 is 0 Å². The number of pyridine rings is 1. The molecule has 1 aliphatic rings. The van der Waals surface area contributed by atoms with Crippen molar-refractivity contribution in [3.05, 3.63) is 64.8 Å². The third-order valence-corrected chi connectivity index (χ3v) is 7.39. The van der Waals surface area contributed by atoms with E-state index >= 15 is 0 Å². The van der Waals surface area contributed by atoms with E-state index in [1.54, 1.807) is 0 Å². The van der Waals surface area contributed by atoms with Gasteiger partial charge in [-0.3, -0.25) is 0 Å². The molecule has 0 amide bonds. The van der Waals surface area contributed by atoms with Crippen LogP contribution in [0.25, 0.3) is 22.0 Å². The standard InChI is InChI=1S/C29H38N/c1-19(2)25-16-20(3)21(4)27(18-25)28-26-9-8-23(17-24(26)12-15-30(28)7)22-10-13-29(5,6)14-11-22/h8-9,12,15-19,22H,10-11,13-14H2,1-7H3/q+1/i15D,19D. The SMILES string of the molecule is [2H]c1cc2cc(C3CCC(C)(C)CC3)ccc2c(-c2cc(C([2H])(C)C)cc(C)c2C)[n+]1C. The smallest absolute Gasteiger partial charge is 0.200 e. The average Bonchev–Trinajstić information content (AvgIpc) is 2.70. The monoisotopic (exact) mass is 402 g/mol. The normalized spacial score (nSPS) is 18.4. The lowest BCUT2D eigenvalue weighted by molar-refractivity contribution is -0.659. The average molecular weight is 403 g/mol. The number of hydrogen-bond donors (Lipinski definition) is 0. The van der Waals surface area contributed by atoms with Crippen LogP contribution in [-0.2, 0) is 7.05 Å². The first-order chi connectivity index (χ1) is 14.9. The van der Waals surface area contributed by atoms with E-state index in [2.05, 4.69) is 58.0 Å². The molecule has 1 saturated carbocycles. The molecule has 1 heteroatoms. The van der Waals surface area contributed by atoms with Gasteiger partial charge in [0.1, 0.15) is 8.42 Å². The highest BCUT2D eigenvalue weighted by atomic mass is 14.9. The number of hydrogen-bond acceptors (Lipinski definition) is 0. The number of benzene rings is 2. The van der Waals surface area contributed by atoms with Gasteiger partial charge in [0, 0.05) is 7.44 Å². The molecule has 0 radical (unpaired) electrons. The van der Waals surface area contributed by atoms with Gasteiger partial charge in [0.25, 0.3) is 0 Å². The maximum absolute atomic E-state index is 8.69. The van der Waals surface area contributed by atoms with Crippen LogP contribution in [0.5, 0.6) is 0 Å². The predicted molar refractivity (Wildman–Crippen MR) is 129 cm³/mol. The summed E-state index contributed by atoms with van der Waals surface area (Å²) in [6.07, 6.45) is 5.57. The molecule has 4 rings (SSSR count). The second-order valence-corrected chi connectivity index (χ2v) is 10.4. The highest BCUT2D eigenvalue weighted by Crippen LogP contribution is 2.43. The quantitative estimate of drug-likeness (QED) is 0.394. The van der Waals surface area contributed by atoms with E-state index in [0.29, 0.717) is 17.5 Å². The van der Waals surface area contributed by atoms with Crippen LogP contribution in [0.1, 0.15) is 90.2 Å². The number of rotatable bonds is 3. The Kier molecular flexibility index (Phi) is 4.86. The molecule has 1 aliphatic carbocycles. The van der Waals surface area contributed by atoms with Gasteiger partial charge in [-0.2, -0.15) is 0 Å². The van der Waals surface area contributed by atoms with Crippen molar-refractivity contribution in [2.45, 2.75) is 79.0 Å². The highest BCUT2D eigenvalue weighted by molar-refractivity contribution is 5.94. The Hall–Kier alpha value is -2.15. The number of fused-ring (bicyclic) bond motifs is 1. The summed E-state index contributed by atoms with van der Waals surface area (Å²) in [5.74, 6) is -0.0438. The van der Waals surface area contributed by atoms with E-state index < -0.39 is 5.89 Å². The van der Waals surface area contributed by atoms with Gasteiger partial charge in [0.15, 0.2) is 6.17 Å². The molecule has 1 nitrogen and oxygen atoms in total. The van der Waals surface area contributed by atoms with Gasteiger partial charge in [0.05, 0.1) is 10.9 Å². The molecule has 0 unspecified atom stereocenters. The van der Waals surface area contributed by atoms with Crippen molar-refractivity contribution in [1.82, 2.24) is 0 Å². The fraction of sp³-hybridized carbons (Fsp3) is 0.483. The fourth-order valence-corrected chi connectivity index (χ4v) is 5.03. The zero-order valence-electron chi connectivity index (χ0n) is 21.8. The Balaban J connectivity index is 1.88. The van der Waals surface area contributed by atoms with Crippen LogP contribution < -0.4 is 4.57 Å². The van der Waals surface area contributed by atoms with Crippen LogP contribution in [0.15, 0.2) is 42.6 Å². The summed E-state index contributed by atoms with van der Waals surface area (Å²) in [5.41, 5.74) is 7.53. The molecule has 1 fully saturated rings. The topological polar surface area (TPSA) is 3.88 Å². The molecule has 0 atom stereocenters. The number of aryl methyl sites for hydroxylation is 1. The summed E-state index contributed by atoms with van der Waals surface area (Å²) in [6, 6.07) is 13.2. The molecular weight excluding hydrogens is 362 g/mol. The zero-order valence-corrected chi connectivity index (χ0v) is 19.8. The third-order valence-electron chi connectivity index (χ3n) is 7.39. The maximum Gasteiger partial charge on any atom is 0.220 e. The van der Waals surface area contributed by atoms with Crippen LogP contribution in [0, 0.1) is 19.3 Å². The Morgan fingerprint density at radius 2 is 1.77 bits per heavy atom. The predicted octanol–water partition coefficient (Wildman–Crippen LogP) is 7.76. The Morgan fingerprint density at radius 1 is 1.07 bits per heavy atom. The first-order valence-corrected chi connectivity index (χ1v) is 11.4. The van der Waals surface area contributed by atoms with Gasteiger partial charge in [-0.1, -0.05) is 45.9 Å². The summed E-state index contributed by atoms with van der Waals surface area (Å²) < 4.78 is 19.3. The van der Waals surface area contributed by atoms with Crippen LogP contribution in [0.2, 0.25) is 0 Å². The minimum atomic E-state index is -0.665. The van der Waals surface area contributed by atoms with Gasteiger partial charge in [-0.25, -0.2) is 4.57 Å². The van der Waals surface area contributed by atoms with Crippen molar-refractivity contribution in [2.75, 3.05) is 0 Å². The van der Waals surface area contributed by atoms with Crippen molar-refractivity contribution in [3.63, 3.8) is 0 Å². The van der Waals surface area contributed by atoms with E-state index in [-0.39, 0.29) is 0 Å². The molecule has 158 valence electrons. The van der Waals surface area contributed by atoms with Crippen molar-refractivity contribution >= 4 is 10.8 Å². The molecule has 0 aliphatic heterocycles. The second kappa shape index (κ2) is 7.84. The lowest BCUT2D eigenvalue weighted by Gasteiger charge is -2.34. The molecule has 1 heterocycles. The highest BCUT2D eigenvalue weighted by Gasteiger charge is 2.28. The first-order valence-electron chi connectivity index (χ1n) is 12.4. The van der Waals surface area contributed by atoms with Gasteiger partial charge in [-0.15, -0.1) is 0 Å². The lowest BCUT2D eigenvalue weighted by Crippen LogP contribution is -2.31. The first kappa shape index (κ1) is 18.6. The molecule has 3 aromatic rings.